The van der Waals surface area contributed by atoms with E-state index in [1.54, 1.807) is 19.1 Å². The van der Waals surface area contributed by atoms with Crippen molar-refractivity contribution >= 4 is 17.5 Å². The Balaban J connectivity index is 1.71. The Bertz CT molecular complexity index is 649. The highest BCUT2D eigenvalue weighted by atomic mass is 19.1. The van der Waals surface area contributed by atoms with Gasteiger partial charge in [0.05, 0.1) is 11.6 Å². The summed E-state index contributed by atoms with van der Waals surface area (Å²) in [4.78, 5) is 28.3. The second kappa shape index (κ2) is 6.89. The summed E-state index contributed by atoms with van der Waals surface area (Å²) >= 11 is 0. The number of amides is 2. The molecule has 0 saturated carbocycles. The van der Waals surface area contributed by atoms with Crippen LogP contribution >= 0.6 is 0 Å². The van der Waals surface area contributed by atoms with Crippen LogP contribution in [0.5, 0.6) is 0 Å². The maximum atomic E-state index is 14.2. The summed E-state index contributed by atoms with van der Waals surface area (Å²) in [6, 6.07) is 5.13. The Morgan fingerprint density at radius 1 is 1.33 bits per heavy atom. The van der Waals surface area contributed by atoms with Gasteiger partial charge in [0.15, 0.2) is 0 Å². The van der Waals surface area contributed by atoms with Crippen LogP contribution in [0.25, 0.3) is 0 Å². The standard InChI is InChI=1S/C18H24FN3O2/c1-12-5-6-16(15(19)8-12)22-10-13(9-17(22)23)18(24)21-7-3-4-14(11-21)20-2/h5-6,8,13-14,20H,3-4,7,9-11H2,1-2H3. The van der Waals surface area contributed by atoms with Crippen LogP contribution in [0.3, 0.4) is 0 Å². The second-order valence-electron chi connectivity index (χ2n) is 6.77. The fraction of sp³-hybridized carbons (Fsp3) is 0.556. The average Bonchev–Trinajstić information content (AvgIpc) is 2.96. The van der Waals surface area contributed by atoms with Crippen molar-refractivity contribution in [2.75, 3.05) is 31.6 Å². The normalized spacial score (nSPS) is 24.5. The predicted octanol–water partition coefficient (Wildman–Crippen LogP) is 1.70. The number of aryl methyl sites for hydroxylation is 1. The molecule has 0 aromatic heterocycles. The molecule has 2 atom stereocenters. The molecular formula is C18H24FN3O2. The lowest BCUT2D eigenvalue weighted by atomic mass is 10.0. The van der Waals surface area contributed by atoms with E-state index >= 15 is 0 Å². The molecule has 2 saturated heterocycles. The Morgan fingerprint density at radius 3 is 2.83 bits per heavy atom. The zero-order chi connectivity index (χ0) is 17.3. The van der Waals surface area contributed by atoms with Gasteiger partial charge in [-0.2, -0.15) is 0 Å². The van der Waals surface area contributed by atoms with Gasteiger partial charge in [-0.1, -0.05) is 6.07 Å². The summed E-state index contributed by atoms with van der Waals surface area (Å²) in [5.74, 6) is -0.963. The largest absolute Gasteiger partial charge is 0.341 e. The number of hydrogen-bond donors (Lipinski definition) is 1. The molecule has 1 aromatic rings. The first-order valence-electron chi connectivity index (χ1n) is 8.52. The number of nitrogens with one attached hydrogen (secondary N) is 1. The first-order chi connectivity index (χ1) is 11.5. The minimum absolute atomic E-state index is 0.0123. The van der Waals surface area contributed by atoms with Gasteiger partial charge in [0.2, 0.25) is 11.8 Å². The molecule has 6 heteroatoms. The molecular weight excluding hydrogens is 309 g/mol. The van der Waals surface area contributed by atoms with Gasteiger partial charge in [-0.3, -0.25) is 9.59 Å². The average molecular weight is 333 g/mol. The lowest BCUT2D eigenvalue weighted by Gasteiger charge is -2.34. The summed E-state index contributed by atoms with van der Waals surface area (Å²) in [5.41, 5.74) is 1.08. The van der Waals surface area contributed by atoms with E-state index in [2.05, 4.69) is 5.32 Å². The number of likely N-dealkylation sites (N-methyl/N-ethyl adjacent to an activating group) is 1. The summed E-state index contributed by atoms with van der Waals surface area (Å²) < 4.78 is 14.2. The predicted molar refractivity (Wildman–Crippen MR) is 90.3 cm³/mol. The molecule has 2 aliphatic rings. The number of carbonyl (C=O) groups is 2. The van der Waals surface area contributed by atoms with E-state index in [-0.39, 0.29) is 36.4 Å². The highest BCUT2D eigenvalue weighted by molar-refractivity contribution is 6.00. The molecule has 2 fully saturated rings. The van der Waals surface area contributed by atoms with Gasteiger partial charge >= 0.3 is 0 Å². The van der Waals surface area contributed by atoms with Crippen molar-refractivity contribution in [1.82, 2.24) is 10.2 Å². The number of carbonyl (C=O) groups excluding carboxylic acids is 2. The second-order valence-corrected chi connectivity index (χ2v) is 6.77. The highest BCUT2D eigenvalue weighted by Crippen LogP contribution is 2.29. The Morgan fingerprint density at radius 2 is 2.12 bits per heavy atom. The Labute approximate surface area is 141 Å². The minimum atomic E-state index is -0.412. The topological polar surface area (TPSA) is 52.7 Å². The number of nitrogens with zero attached hydrogens (tertiary/aromatic N) is 2. The van der Waals surface area contributed by atoms with E-state index < -0.39 is 5.82 Å². The number of halogens is 1. The summed E-state index contributed by atoms with van der Waals surface area (Å²) in [6.07, 6.45) is 2.19. The SMILES string of the molecule is CNC1CCCN(C(=O)C2CC(=O)N(c3ccc(C)cc3F)C2)C1. The van der Waals surface area contributed by atoms with Crippen molar-refractivity contribution in [3.05, 3.63) is 29.6 Å². The van der Waals surface area contributed by atoms with E-state index in [0.717, 1.165) is 24.9 Å². The Hall–Kier alpha value is -1.95. The van der Waals surface area contributed by atoms with Crippen LogP contribution in [0.2, 0.25) is 0 Å². The van der Waals surface area contributed by atoms with Gasteiger partial charge < -0.3 is 15.1 Å². The molecule has 2 heterocycles. The third kappa shape index (κ3) is 3.29. The number of hydrogen-bond acceptors (Lipinski definition) is 3. The van der Waals surface area contributed by atoms with E-state index in [1.165, 1.54) is 11.0 Å². The smallest absolute Gasteiger partial charge is 0.228 e. The van der Waals surface area contributed by atoms with Crippen molar-refractivity contribution in [1.29, 1.82) is 0 Å². The molecule has 0 radical (unpaired) electrons. The van der Waals surface area contributed by atoms with Gasteiger partial charge in [0.1, 0.15) is 5.82 Å². The molecule has 0 spiro atoms. The van der Waals surface area contributed by atoms with Crippen LogP contribution in [0.4, 0.5) is 10.1 Å². The van der Waals surface area contributed by atoms with Crippen LogP contribution in [-0.4, -0.2) is 49.4 Å². The maximum Gasteiger partial charge on any atom is 0.228 e. The van der Waals surface area contributed by atoms with Gasteiger partial charge in [-0.15, -0.1) is 0 Å². The molecule has 24 heavy (non-hydrogen) atoms. The minimum Gasteiger partial charge on any atom is -0.341 e. The number of anilines is 1. The zero-order valence-corrected chi connectivity index (χ0v) is 14.2. The van der Waals surface area contributed by atoms with Gasteiger partial charge in [-0.05, 0) is 44.5 Å². The third-order valence-corrected chi connectivity index (χ3v) is 5.01. The highest BCUT2D eigenvalue weighted by Gasteiger charge is 2.38. The van der Waals surface area contributed by atoms with Crippen LogP contribution in [0.1, 0.15) is 24.8 Å². The molecule has 3 rings (SSSR count). The molecule has 1 aromatic carbocycles. The number of benzene rings is 1. The molecule has 130 valence electrons. The van der Waals surface area contributed by atoms with E-state index in [9.17, 15) is 14.0 Å². The monoisotopic (exact) mass is 333 g/mol. The van der Waals surface area contributed by atoms with Crippen LogP contribution in [0.15, 0.2) is 18.2 Å². The third-order valence-electron chi connectivity index (χ3n) is 5.01. The van der Waals surface area contributed by atoms with Gasteiger partial charge in [0.25, 0.3) is 0 Å². The van der Waals surface area contributed by atoms with Crippen molar-refractivity contribution in [2.24, 2.45) is 5.92 Å². The molecule has 2 amide bonds. The molecule has 0 aliphatic carbocycles. The first kappa shape index (κ1) is 16.9. The van der Waals surface area contributed by atoms with Gasteiger partial charge in [0, 0.05) is 32.1 Å². The molecule has 1 N–H and O–H groups in total. The van der Waals surface area contributed by atoms with Crippen LogP contribution < -0.4 is 10.2 Å². The fourth-order valence-electron chi connectivity index (χ4n) is 3.61. The Kier molecular flexibility index (Phi) is 4.85. The first-order valence-corrected chi connectivity index (χ1v) is 8.52. The van der Waals surface area contributed by atoms with Crippen molar-refractivity contribution in [3.63, 3.8) is 0 Å². The van der Waals surface area contributed by atoms with Crippen molar-refractivity contribution in [2.45, 2.75) is 32.2 Å². The van der Waals surface area contributed by atoms with E-state index in [1.807, 2.05) is 11.9 Å². The van der Waals surface area contributed by atoms with Gasteiger partial charge in [-0.25, -0.2) is 4.39 Å². The lowest BCUT2D eigenvalue weighted by molar-refractivity contribution is -0.137. The zero-order valence-electron chi connectivity index (χ0n) is 14.2. The summed E-state index contributed by atoms with van der Waals surface area (Å²) in [6.45, 7) is 3.48. The van der Waals surface area contributed by atoms with E-state index in [0.29, 0.717) is 12.6 Å². The summed E-state index contributed by atoms with van der Waals surface area (Å²) in [7, 11) is 1.90. The number of rotatable bonds is 3. The summed E-state index contributed by atoms with van der Waals surface area (Å²) in [5, 5.41) is 3.21. The maximum absolute atomic E-state index is 14.2. The number of piperidine rings is 1. The fourth-order valence-corrected chi connectivity index (χ4v) is 3.61. The van der Waals surface area contributed by atoms with Crippen LogP contribution in [-0.2, 0) is 9.59 Å². The molecule has 2 unspecified atom stereocenters. The molecule has 2 aliphatic heterocycles. The quantitative estimate of drug-likeness (QED) is 0.916. The van der Waals surface area contributed by atoms with E-state index in [4.69, 9.17) is 0 Å². The lowest BCUT2D eigenvalue weighted by Crippen LogP contribution is -2.49. The number of likely N-dealkylation sites (tertiary alicyclic amines) is 1. The van der Waals surface area contributed by atoms with Crippen molar-refractivity contribution in [3.8, 4) is 0 Å². The molecule has 5 nitrogen and oxygen atoms in total. The van der Waals surface area contributed by atoms with Crippen LogP contribution in [0, 0.1) is 18.7 Å². The van der Waals surface area contributed by atoms with Crippen molar-refractivity contribution < 1.29 is 14.0 Å². The molecule has 0 bridgehead atoms.